The Kier molecular flexibility index (Phi) is 6.69. The molecule has 1 aliphatic carbocycles. The Labute approximate surface area is 309 Å². The van der Waals surface area contributed by atoms with Gasteiger partial charge >= 0.3 is 0 Å². The first-order chi connectivity index (χ1) is 26.3. The highest BCUT2D eigenvalue weighted by atomic mass is 14.8. The van der Waals surface area contributed by atoms with Gasteiger partial charge < -0.3 is 0 Å². The van der Waals surface area contributed by atoms with E-state index in [0.29, 0.717) is 0 Å². The first-order valence-corrected chi connectivity index (χ1v) is 18.4. The normalized spacial score (nSPS) is 14.0. The van der Waals surface area contributed by atoms with Crippen LogP contribution in [0, 0.1) is 0 Å². The molecule has 53 heavy (non-hydrogen) atoms. The van der Waals surface area contributed by atoms with Gasteiger partial charge in [-0.1, -0.05) is 182 Å². The maximum atomic E-state index is 5.26. The fourth-order valence-corrected chi connectivity index (χ4v) is 9.10. The lowest BCUT2D eigenvalue weighted by Crippen LogP contribution is -2.11. The number of aliphatic imine (C=N–C) groups is 1. The predicted molar refractivity (Wildman–Crippen MR) is 223 cm³/mol. The van der Waals surface area contributed by atoms with Crippen LogP contribution in [0.15, 0.2) is 199 Å². The molecule has 0 N–H and O–H groups in total. The van der Waals surface area contributed by atoms with Crippen LogP contribution < -0.4 is 0 Å². The molecule has 1 aliphatic heterocycles. The van der Waals surface area contributed by atoms with Gasteiger partial charge in [-0.05, 0) is 106 Å². The Morgan fingerprint density at radius 2 is 0.849 bits per heavy atom. The Balaban J connectivity index is 1.15. The molecule has 0 saturated carbocycles. The van der Waals surface area contributed by atoms with Gasteiger partial charge in [0.15, 0.2) is 0 Å². The monoisotopic (exact) mass is 671 g/mol. The number of hydrogen-bond acceptors (Lipinski definition) is 1. The van der Waals surface area contributed by atoms with Crippen molar-refractivity contribution >= 4 is 32.9 Å². The smallest absolute Gasteiger partial charge is 0.0675 e. The molecule has 0 radical (unpaired) electrons. The molecule has 0 bridgehead atoms. The number of hydrogen-bond donors (Lipinski definition) is 0. The molecule has 9 aromatic rings. The quantitative estimate of drug-likeness (QED) is 0.173. The van der Waals surface area contributed by atoms with Crippen LogP contribution in [0.4, 0.5) is 5.69 Å². The van der Waals surface area contributed by atoms with E-state index in [1.165, 1.54) is 88.3 Å². The molecule has 9 aromatic carbocycles. The number of nitrogens with zero attached hydrogens (tertiary/aromatic N) is 1. The molecule has 1 unspecified atom stereocenters. The van der Waals surface area contributed by atoms with Crippen LogP contribution in [0.25, 0.3) is 77.2 Å². The third-order valence-electron chi connectivity index (χ3n) is 11.3. The van der Waals surface area contributed by atoms with Gasteiger partial charge in [-0.25, -0.2) is 0 Å². The molecule has 0 aromatic heterocycles. The second-order valence-corrected chi connectivity index (χ2v) is 14.1. The largest absolute Gasteiger partial charge is 0.252 e. The van der Waals surface area contributed by atoms with E-state index in [4.69, 9.17) is 4.99 Å². The maximum Gasteiger partial charge on any atom is 0.0675 e. The van der Waals surface area contributed by atoms with Crippen LogP contribution in [-0.4, -0.2) is 5.71 Å². The van der Waals surface area contributed by atoms with Crippen LogP contribution in [0.3, 0.4) is 0 Å². The molecule has 1 heterocycles. The van der Waals surface area contributed by atoms with Crippen molar-refractivity contribution in [2.75, 3.05) is 0 Å². The lowest BCUT2D eigenvalue weighted by atomic mass is 9.82. The lowest BCUT2D eigenvalue weighted by molar-refractivity contribution is 1.11. The number of benzene rings is 9. The molecule has 0 amide bonds. The van der Waals surface area contributed by atoms with Gasteiger partial charge in [0.05, 0.1) is 17.3 Å². The van der Waals surface area contributed by atoms with Crippen LogP contribution in [0.2, 0.25) is 0 Å². The zero-order valence-electron chi connectivity index (χ0n) is 29.0. The van der Waals surface area contributed by atoms with Gasteiger partial charge in [0.25, 0.3) is 0 Å². The minimum atomic E-state index is 0.0897. The van der Waals surface area contributed by atoms with Gasteiger partial charge in [-0.2, -0.15) is 0 Å². The Bertz CT molecular complexity index is 2830. The molecule has 0 saturated heterocycles. The molecular formula is C52H33N. The van der Waals surface area contributed by atoms with Gasteiger partial charge in [-0.15, -0.1) is 0 Å². The summed E-state index contributed by atoms with van der Waals surface area (Å²) in [6, 6.07) is 70.9. The standard InChI is InChI=1S/C52H33N/c1-4-16-33(17-5-1)46-40-24-10-11-25-41(40)47(34-18-6-2-7-19-34)51-44-31-30-38(39-27-15-28-43(49(39)44)50(46)51)36-22-14-23-37(32-36)52-48(35-20-8-3-9-21-35)42-26-12-13-29-45(42)53-52/h1-32,48H. The number of rotatable bonds is 5. The molecule has 2 aliphatic rings. The average Bonchev–Trinajstić information content (AvgIpc) is 3.78. The molecule has 1 atom stereocenters. The summed E-state index contributed by atoms with van der Waals surface area (Å²) in [7, 11) is 0. The summed E-state index contributed by atoms with van der Waals surface area (Å²) in [6.45, 7) is 0. The number of fused-ring (bicyclic) bond motifs is 5. The summed E-state index contributed by atoms with van der Waals surface area (Å²) in [4.78, 5) is 5.26. The highest BCUT2D eigenvalue weighted by Crippen LogP contribution is 2.58. The van der Waals surface area contributed by atoms with Gasteiger partial charge in [0.1, 0.15) is 0 Å². The predicted octanol–water partition coefficient (Wildman–Crippen LogP) is 13.9. The molecule has 1 nitrogen and oxygen atoms in total. The second kappa shape index (κ2) is 11.9. The van der Waals surface area contributed by atoms with E-state index in [1.54, 1.807) is 0 Å². The summed E-state index contributed by atoms with van der Waals surface area (Å²) < 4.78 is 0. The molecule has 246 valence electrons. The van der Waals surface area contributed by atoms with Crippen LogP contribution in [0.5, 0.6) is 0 Å². The van der Waals surface area contributed by atoms with E-state index in [1.807, 2.05) is 0 Å². The van der Waals surface area contributed by atoms with Crippen LogP contribution >= 0.6 is 0 Å². The summed E-state index contributed by atoms with van der Waals surface area (Å²) in [6.07, 6.45) is 0. The van der Waals surface area contributed by atoms with E-state index < -0.39 is 0 Å². The highest BCUT2D eigenvalue weighted by Gasteiger charge is 2.32. The van der Waals surface area contributed by atoms with Crippen LogP contribution in [-0.2, 0) is 0 Å². The fraction of sp³-hybridized carbons (Fsp3) is 0.0192. The summed E-state index contributed by atoms with van der Waals surface area (Å²) in [5.41, 5.74) is 18.6. The van der Waals surface area contributed by atoms with Crippen molar-refractivity contribution in [2.45, 2.75) is 5.92 Å². The lowest BCUT2D eigenvalue weighted by Gasteiger charge is -2.20. The first kappa shape index (κ1) is 29.9. The zero-order chi connectivity index (χ0) is 34.9. The summed E-state index contributed by atoms with van der Waals surface area (Å²) >= 11 is 0. The molecule has 1 heteroatoms. The SMILES string of the molecule is c1ccc(-c2c3c(c(-c4ccccc4)c4ccccc24)-c2ccc(-c4cccc(C5=Nc6ccccc6C5c5ccccc5)c4)c4cccc-3c24)cc1. The van der Waals surface area contributed by atoms with E-state index in [9.17, 15) is 0 Å². The minimum Gasteiger partial charge on any atom is -0.252 e. The Hall–Kier alpha value is -6.83. The first-order valence-electron chi connectivity index (χ1n) is 18.4. The van der Waals surface area contributed by atoms with E-state index >= 15 is 0 Å². The Morgan fingerprint density at radius 3 is 1.55 bits per heavy atom. The van der Waals surface area contributed by atoms with E-state index in [2.05, 4.69) is 194 Å². The summed E-state index contributed by atoms with van der Waals surface area (Å²) in [5.74, 6) is 0.0897. The summed E-state index contributed by atoms with van der Waals surface area (Å²) in [5, 5.41) is 5.15. The maximum absolute atomic E-state index is 5.26. The van der Waals surface area contributed by atoms with E-state index in [0.717, 1.165) is 17.0 Å². The van der Waals surface area contributed by atoms with Crippen molar-refractivity contribution in [1.29, 1.82) is 0 Å². The van der Waals surface area contributed by atoms with Crippen molar-refractivity contribution in [1.82, 2.24) is 0 Å². The topological polar surface area (TPSA) is 12.4 Å². The fourth-order valence-electron chi connectivity index (χ4n) is 9.10. The number of para-hydroxylation sites is 1. The molecule has 0 fully saturated rings. The van der Waals surface area contributed by atoms with E-state index in [-0.39, 0.29) is 5.92 Å². The van der Waals surface area contributed by atoms with Crippen molar-refractivity contribution in [3.8, 4) is 55.6 Å². The van der Waals surface area contributed by atoms with Crippen molar-refractivity contribution < 1.29 is 0 Å². The second-order valence-electron chi connectivity index (χ2n) is 14.1. The van der Waals surface area contributed by atoms with Gasteiger partial charge in [-0.3, -0.25) is 4.99 Å². The zero-order valence-corrected chi connectivity index (χ0v) is 29.0. The van der Waals surface area contributed by atoms with Crippen molar-refractivity contribution in [2.24, 2.45) is 4.99 Å². The van der Waals surface area contributed by atoms with Crippen molar-refractivity contribution in [3.63, 3.8) is 0 Å². The minimum absolute atomic E-state index is 0.0897. The molecular weight excluding hydrogens is 639 g/mol. The average molecular weight is 672 g/mol. The third-order valence-corrected chi connectivity index (χ3v) is 11.3. The van der Waals surface area contributed by atoms with Gasteiger partial charge in [0.2, 0.25) is 0 Å². The Morgan fingerprint density at radius 1 is 0.340 bits per heavy atom. The molecule has 11 rings (SSSR count). The van der Waals surface area contributed by atoms with Gasteiger partial charge in [0, 0.05) is 0 Å². The highest BCUT2D eigenvalue weighted by molar-refractivity contribution is 6.29. The third kappa shape index (κ3) is 4.54. The van der Waals surface area contributed by atoms with Crippen LogP contribution in [0.1, 0.15) is 22.6 Å². The molecule has 0 spiro atoms. The van der Waals surface area contributed by atoms with Crippen molar-refractivity contribution in [3.05, 3.63) is 211 Å².